The Morgan fingerprint density at radius 1 is 1.10 bits per heavy atom. The number of halogens is 1. The van der Waals surface area contributed by atoms with Crippen molar-refractivity contribution >= 4 is 29.1 Å². The fourth-order valence-corrected chi connectivity index (χ4v) is 3.84. The molecule has 1 unspecified atom stereocenters. The van der Waals surface area contributed by atoms with Gasteiger partial charge in [0.1, 0.15) is 17.3 Å². The highest BCUT2D eigenvalue weighted by Gasteiger charge is 2.47. The predicted molar refractivity (Wildman–Crippen MR) is 115 cm³/mol. The van der Waals surface area contributed by atoms with Crippen molar-refractivity contribution in [3.63, 3.8) is 0 Å². The number of hydrogen-bond donors (Lipinski definition) is 1. The molecule has 0 spiro atoms. The van der Waals surface area contributed by atoms with E-state index >= 15 is 0 Å². The van der Waals surface area contributed by atoms with Gasteiger partial charge in [0.05, 0.1) is 31.4 Å². The molecular weight excluding hydrogens is 406 g/mol. The van der Waals surface area contributed by atoms with Gasteiger partial charge in [0.2, 0.25) is 0 Å². The highest BCUT2D eigenvalue weighted by Crippen LogP contribution is 2.44. The number of ketones is 1. The van der Waals surface area contributed by atoms with Crippen LogP contribution in [0.3, 0.4) is 0 Å². The van der Waals surface area contributed by atoms with E-state index in [1.165, 1.54) is 25.2 Å². The van der Waals surface area contributed by atoms with Crippen molar-refractivity contribution in [2.24, 2.45) is 0 Å². The Hall–Kier alpha value is -2.99. The van der Waals surface area contributed by atoms with E-state index in [1.807, 2.05) is 6.92 Å². The van der Waals surface area contributed by atoms with Crippen molar-refractivity contribution in [2.45, 2.75) is 25.8 Å². The summed E-state index contributed by atoms with van der Waals surface area (Å²) in [5.41, 5.74) is 0.859. The fourth-order valence-electron chi connectivity index (χ4n) is 3.67. The maximum absolute atomic E-state index is 13.0. The molecule has 2 aromatic carbocycles. The van der Waals surface area contributed by atoms with Crippen molar-refractivity contribution in [1.29, 1.82) is 0 Å². The van der Waals surface area contributed by atoms with Crippen molar-refractivity contribution in [1.82, 2.24) is 4.90 Å². The highest BCUT2D eigenvalue weighted by atomic mass is 35.5. The number of carbonyl (C=O) groups is 2. The van der Waals surface area contributed by atoms with Crippen LogP contribution >= 0.6 is 11.6 Å². The van der Waals surface area contributed by atoms with Gasteiger partial charge in [-0.15, -0.1) is 0 Å². The quantitative estimate of drug-likeness (QED) is 0.396. The summed E-state index contributed by atoms with van der Waals surface area (Å²) in [6, 6.07) is 11.1. The number of nitrogens with zero attached hydrogens (tertiary/aromatic N) is 1. The Bertz CT molecular complexity index is 1000. The van der Waals surface area contributed by atoms with Crippen LogP contribution < -0.4 is 9.47 Å². The molecule has 158 valence electrons. The predicted octanol–water partition coefficient (Wildman–Crippen LogP) is 4.58. The first-order valence-electron chi connectivity index (χ1n) is 9.69. The standard InChI is InChI=1S/C23H24ClNO5/c1-4-5-12-25-20(15-8-6-7-9-17(15)29-2)19(22(27)23(25)28)21(26)16-13-14(24)10-11-18(16)30-3/h6-11,13,20,26H,4-5,12H2,1-3H3/b21-19+. The number of carbonyl (C=O) groups excluding carboxylic acids is 2. The number of para-hydroxylation sites is 1. The van der Waals surface area contributed by atoms with E-state index in [0.29, 0.717) is 28.6 Å². The van der Waals surface area contributed by atoms with E-state index in [-0.39, 0.29) is 16.9 Å². The molecule has 0 radical (unpaired) electrons. The first-order valence-corrected chi connectivity index (χ1v) is 10.1. The van der Waals surface area contributed by atoms with Crippen LogP contribution in [0.4, 0.5) is 0 Å². The van der Waals surface area contributed by atoms with E-state index in [9.17, 15) is 14.7 Å². The Morgan fingerprint density at radius 3 is 2.47 bits per heavy atom. The van der Waals surface area contributed by atoms with E-state index in [1.54, 1.807) is 36.4 Å². The molecule has 1 aliphatic heterocycles. The van der Waals surface area contributed by atoms with Crippen LogP contribution in [0.25, 0.3) is 5.76 Å². The number of amides is 1. The number of Topliss-reactive ketones (excluding diaryl/α,β-unsaturated/α-hetero) is 1. The summed E-state index contributed by atoms with van der Waals surface area (Å²) in [4.78, 5) is 27.4. The number of aliphatic hydroxyl groups excluding tert-OH is 1. The van der Waals surface area contributed by atoms with E-state index in [2.05, 4.69) is 0 Å². The average molecular weight is 430 g/mol. The molecule has 3 rings (SSSR count). The monoisotopic (exact) mass is 429 g/mol. The van der Waals surface area contributed by atoms with Gasteiger partial charge in [0, 0.05) is 17.1 Å². The van der Waals surface area contributed by atoms with Crippen molar-refractivity contribution < 1.29 is 24.2 Å². The third-order valence-corrected chi connectivity index (χ3v) is 5.38. The van der Waals surface area contributed by atoms with Crippen molar-refractivity contribution in [2.75, 3.05) is 20.8 Å². The van der Waals surface area contributed by atoms with Crippen LogP contribution in [0.15, 0.2) is 48.0 Å². The number of rotatable bonds is 7. The Morgan fingerprint density at radius 2 is 1.80 bits per heavy atom. The molecule has 0 bridgehead atoms. The molecule has 6 nitrogen and oxygen atoms in total. The first kappa shape index (κ1) is 21.7. The van der Waals surface area contributed by atoms with Gasteiger partial charge >= 0.3 is 0 Å². The second kappa shape index (κ2) is 9.22. The second-order valence-electron chi connectivity index (χ2n) is 6.93. The molecule has 1 atom stereocenters. The van der Waals surface area contributed by atoms with Gasteiger partial charge in [-0.3, -0.25) is 9.59 Å². The van der Waals surface area contributed by atoms with Crippen molar-refractivity contribution in [3.8, 4) is 11.5 Å². The first-order chi connectivity index (χ1) is 14.4. The maximum atomic E-state index is 13.0. The molecule has 30 heavy (non-hydrogen) atoms. The maximum Gasteiger partial charge on any atom is 0.295 e. The molecule has 7 heteroatoms. The molecule has 0 saturated carbocycles. The second-order valence-corrected chi connectivity index (χ2v) is 7.37. The zero-order valence-electron chi connectivity index (χ0n) is 17.1. The van der Waals surface area contributed by atoms with Gasteiger partial charge in [-0.1, -0.05) is 43.1 Å². The highest BCUT2D eigenvalue weighted by molar-refractivity contribution is 6.46. The molecule has 1 heterocycles. The lowest BCUT2D eigenvalue weighted by Crippen LogP contribution is -2.30. The minimum Gasteiger partial charge on any atom is -0.507 e. The number of benzene rings is 2. The minimum absolute atomic E-state index is 0.0128. The van der Waals surface area contributed by atoms with Crippen LogP contribution in [0.2, 0.25) is 5.02 Å². The number of likely N-dealkylation sites (tertiary alicyclic amines) is 1. The number of unbranched alkanes of at least 4 members (excludes halogenated alkanes) is 1. The zero-order chi connectivity index (χ0) is 21.8. The smallest absolute Gasteiger partial charge is 0.295 e. The molecule has 1 N–H and O–H groups in total. The molecule has 2 aromatic rings. The minimum atomic E-state index is -0.781. The Balaban J connectivity index is 2.27. The fraction of sp³-hybridized carbons (Fsp3) is 0.304. The van der Waals surface area contributed by atoms with Crippen LogP contribution in [0.1, 0.15) is 36.9 Å². The van der Waals surface area contributed by atoms with Crippen LogP contribution in [0.5, 0.6) is 11.5 Å². The van der Waals surface area contributed by atoms with Crippen molar-refractivity contribution in [3.05, 3.63) is 64.2 Å². The largest absolute Gasteiger partial charge is 0.507 e. The summed E-state index contributed by atoms with van der Waals surface area (Å²) in [7, 11) is 2.98. The SMILES string of the molecule is CCCCN1C(=O)C(=O)/C(=C(/O)c2cc(Cl)ccc2OC)C1c1ccccc1OC. The van der Waals surface area contributed by atoms with E-state index in [4.69, 9.17) is 21.1 Å². The van der Waals surface area contributed by atoms with Gasteiger partial charge in [0.25, 0.3) is 11.7 Å². The molecule has 1 aliphatic rings. The third-order valence-electron chi connectivity index (χ3n) is 5.14. The molecule has 1 amide bonds. The van der Waals surface area contributed by atoms with Crippen LogP contribution in [0, 0.1) is 0 Å². The lowest BCUT2D eigenvalue weighted by molar-refractivity contribution is -0.139. The number of aliphatic hydroxyl groups is 1. The van der Waals surface area contributed by atoms with Gasteiger partial charge in [-0.25, -0.2) is 0 Å². The summed E-state index contributed by atoms with van der Waals surface area (Å²) in [5, 5.41) is 11.6. The van der Waals surface area contributed by atoms with Crippen LogP contribution in [-0.2, 0) is 9.59 Å². The van der Waals surface area contributed by atoms with Gasteiger partial charge in [-0.05, 0) is 30.7 Å². The Labute approximate surface area is 180 Å². The topological polar surface area (TPSA) is 76.1 Å². The summed E-state index contributed by atoms with van der Waals surface area (Å²) in [5.74, 6) is -0.865. The van der Waals surface area contributed by atoms with Gasteiger partial charge in [0.15, 0.2) is 0 Å². The zero-order valence-corrected chi connectivity index (χ0v) is 17.9. The van der Waals surface area contributed by atoms with Gasteiger partial charge in [-0.2, -0.15) is 0 Å². The Kier molecular flexibility index (Phi) is 6.67. The number of ether oxygens (including phenoxy) is 2. The average Bonchev–Trinajstić information content (AvgIpc) is 3.01. The van der Waals surface area contributed by atoms with Crippen LogP contribution in [-0.4, -0.2) is 42.5 Å². The van der Waals surface area contributed by atoms with E-state index < -0.39 is 17.7 Å². The molecule has 1 saturated heterocycles. The lowest BCUT2D eigenvalue weighted by Gasteiger charge is -2.26. The summed E-state index contributed by atoms with van der Waals surface area (Å²) >= 11 is 6.12. The third kappa shape index (κ3) is 3.87. The van der Waals surface area contributed by atoms with Gasteiger partial charge < -0.3 is 19.5 Å². The number of hydrogen-bond acceptors (Lipinski definition) is 5. The molecule has 1 fully saturated rings. The summed E-state index contributed by atoms with van der Waals surface area (Å²) in [6.07, 6.45) is 1.57. The summed E-state index contributed by atoms with van der Waals surface area (Å²) < 4.78 is 10.8. The molecular formula is C23H24ClNO5. The summed E-state index contributed by atoms with van der Waals surface area (Å²) in [6.45, 7) is 2.39. The van der Waals surface area contributed by atoms with E-state index in [0.717, 1.165) is 12.8 Å². The molecule has 0 aliphatic carbocycles. The molecule has 0 aromatic heterocycles. The number of methoxy groups -OCH3 is 2. The lowest BCUT2D eigenvalue weighted by atomic mass is 9.94. The normalized spacial score (nSPS) is 18.0.